The predicted molar refractivity (Wildman–Crippen MR) is 153 cm³/mol. The molecule has 3 aromatic heterocycles. The number of sulfonamides is 1. The van der Waals surface area contributed by atoms with Gasteiger partial charge in [0.25, 0.3) is 11.5 Å². The van der Waals surface area contributed by atoms with Crippen LogP contribution in [0.3, 0.4) is 0 Å². The molecular weight excluding hydrogens is 528 g/mol. The standard InChI is InChI=1S/C29H26N6O4S/c1-19(32-28(36)25-20(2)33-34-17-9-15-30-27(25)34)24-18-22-11-7-10-21(12-8-16-31-40(3,38)39)26(22)29(37)35(24)23-13-5-4-6-14-23/h4-7,9-11,13-15,17-19,31H,16H2,1-3H3,(H,32,36)/t19-/m0/s1. The zero-order valence-electron chi connectivity index (χ0n) is 22.0. The second kappa shape index (κ2) is 10.8. The Morgan fingerprint density at radius 2 is 1.88 bits per heavy atom. The number of nitrogens with one attached hydrogen (secondary N) is 2. The fraction of sp³-hybridized carbons (Fsp3) is 0.172. The van der Waals surface area contributed by atoms with Gasteiger partial charge in [0.2, 0.25) is 10.0 Å². The highest BCUT2D eigenvalue weighted by Gasteiger charge is 2.23. The van der Waals surface area contributed by atoms with Gasteiger partial charge in [0.1, 0.15) is 5.56 Å². The lowest BCUT2D eigenvalue weighted by molar-refractivity contribution is 0.0939. The summed E-state index contributed by atoms with van der Waals surface area (Å²) in [6.45, 7) is 3.48. The summed E-state index contributed by atoms with van der Waals surface area (Å²) in [5, 5.41) is 8.43. The molecule has 0 aliphatic carbocycles. The molecule has 0 spiro atoms. The maximum Gasteiger partial charge on any atom is 0.264 e. The molecule has 1 atom stereocenters. The number of benzene rings is 2. The minimum Gasteiger partial charge on any atom is -0.344 e. The first-order chi connectivity index (χ1) is 19.1. The number of para-hydroxylation sites is 1. The van der Waals surface area contributed by atoms with E-state index in [1.165, 1.54) is 0 Å². The van der Waals surface area contributed by atoms with Gasteiger partial charge in [-0.1, -0.05) is 42.2 Å². The second-order valence-electron chi connectivity index (χ2n) is 9.25. The lowest BCUT2D eigenvalue weighted by atomic mass is 10.0. The van der Waals surface area contributed by atoms with Gasteiger partial charge in [-0.25, -0.2) is 22.6 Å². The summed E-state index contributed by atoms with van der Waals surface area (Å²) in [6, 6.07) is 17.5. The van der Waals surface area contributed by atoms with Crippen LogP contribution in [0.25, 0.3) is 22.1 Å². The first-order valence-electron chi connectivity index (χ1n) is 12.4. The molecule has 2 N–H and O–H groups in total. The van der Waals surface area contributed by atoms with Crippen LogP contribution in [0.4, 0.5) is 0 Å². The van der Waals surface area contributed by atoms with Crippen LogP contribution in [-0.2, 0) is 10.0 Å². The highest BCUT2D eigenvalue weighted by atomic mass is 32.2. The Labute approximate surface area is 230 Å². The van der Waals surface area contributed by atoms with E-state index >= 15 is 0 Å². The van der Waals surface area contributed by atoms with Crippen LogP contribution in [0, 0.1) is 18.8 Å². The van der Waals surface area contributed by atoms with Crippen molar-refractivity contribution in [2.45, 2.75) is 19.9 Å². The van der Waals surface area contributed by atoms with E-state index in [9.17, 15) is 18.0 Å². The van der Waals surface area contributed by atoms with Gasteiger partial charge >= 0.3 is 0 Å². The Balaban J connectivity index is 1.60. The Hall–Kier alpha value is -4.79. The lowest BCUT2D eigenvalue weighted by Gasteiger charge is -2.21. The van der Waals surface area contributed by atoms with E-state index in [2.05, 4.69) is 32.0 Å². The minimum absolute atomic E-state index is 0.0823. The zero-order chi connectivity index (χ0) is 28.4. The molecule has 5 rings (SSSR count). The van der Waals surface area contributed by atoms with Crippen molar-refractivity contribution >= 4 is 32.4 Å². The third-order valence-corrected chi connectivity index (χ3v) is 6.99. The fourth-order valence-electron chi connectivity index (χ4n) is 4.56. The van der Waals surface area contributed by atoms with E-state index in [-0.39, 0.29) is 18.0 Å². The van der Waals surface area contributed by atoms with E-state index < -0.39 is 16.1 Å². The van der Waals surface area contributed by atoms with Gasteiger partial charge in [-0.2, -0.15) is 5.10 Å². The summed E-state index contributed by atoms with van der Waals surface area (Å²) in [7, 11) is -3.39. The summed E-state index contributed by atoms with van der Waals surface area (Å²) >= 11 is 0. The fourth-order valence-corrected chi connectivity index (χ4v) is 4.89. The van der Waals surface area contributed by atoms with Gasteiger partial charge in [-0.05, 0) is 49.6 Å². The molecule has 11 heteroatoms. The molecule has 5 aromatic rings. The van der Waals surface area contributed by atoms with Gasteiger partial charge in [0, 0.05) is 29.3 Å². The molecule has 1 amide bonds. The van der Waals surface area contributed by atoms with E-state index in [1.54, 1.807) is 46.6 Å². The van der Waals surface area contributed by atoms with Crippen molar-refractivity contribution in [3.05, 3.63) is 106 Å². The van der Waals surface area contributed by atoms with E-state index in [4.69, 9.17) is 0 Å². The number of hydrogen-bond donors (Lipinski definition) is 2. The number of carbonyl (C=O) groups is 1. The number of amides is 1. The number of pyridine rings is 1. The van der Waals surface area contributed by atoms with Crippen molar-refractivity contribution in [3.63, 3.8) is 0 Å². The number of aromatic nitrogens is 4. The van der Waals surface area contributed by atoms with Gasteiger partial charge in [0.15, 0.2) is 5.65 Å². The Bertz CT molecular complexity index is 1990. The summed E-state index contributed by atoms with van der Waals surface area (Å²) in [5.41, 5.74) is 2.70. The normalized spacial score (nSPS) is 12.2. The Kier molecular flexibility index (Phi) is 7.21. The summed E-state index contributed by atoms with van der Waals surface area (Å²) in [4.78, 5) is 31.8. The van der Waals surface area contributed by atoms with Gasteiger partial charge in [-0.3, -0.25) is 14.2 Å². The van der Waals surface area contributed by atoms with Gasteiger partial charge in [0.05, 0.1) is 29.9 Å². The van der Waals surface area contributed by atoms with Crippen molar-refractivity contribution in [1.29, 1.82) is 0 Å². The molecule has 0 aliphatic rings. The van der Waals surface area contributed by atoms with Crippen LogP contribution in [0.1, 0.15) is 40.3 Å². The number of hydrogen-bond acceptors (Lipinski definition) is 6. The molecule has 0 unspecified atom stereocenters. The maximum absolute atomic E-state index is 14.1. The van der Waals surface area contributed by atoms with E-state index in [1.807, 2.05) is 49.4 Å². The monoisotopic (exact) mass is 554 g/mol. The smallest absolute Gasteiger partial charge is 0.264 e. The van der Waals surface area contributed by atoms with Crippen molar-refractivity contribution in [2.75, 3.05) is 12.8 Å². The van der Waals surface area contributed by atoms with Crippen molar-refractivity contribution in [2.24, 2.45) is 0 Å². The molecular formula is C29H26N6O4S. The largest absolute Gasteiger partial charge is 0.344 e. The quantitative estimate of drug-likeness (QED) is 0.311. The van der Waals surface area contributed by atoms with Crippen molar-refractivity contribution in [1.82, 2.24) is 29.2 Å². The number of nitrogens with zero attached hydrogens (tertiary/aromatic N) is 4. The average molecular weight is 555 g/mol. The molecule has 10 nitrogen and oxygen atoms in total. The summed E-state index contributed by atoms with van der Waals surface area (Å²) in [5.74, 6) is 5.35. The van der Waals surface area contributed by atoms with Crippen LogP contribution >= 0.6 is 0 Å². The Morgan fingerprint density at radius 3 is 2.62 bits per heavy atom. The molecule has 40 heavy (non-hydrogen) atoms. The first-order valence-corrected chi connectivity index (χ1v) is 14.3. The Morgan fingerprint density at radius 1 is 1.10 bits per heavy atom. The summed E-state index contributed by atoms with van der Waals surface area (Å²) < 4.78 is 28.2. The maximum atomic E-state index is 14.1. The molecule has 0 fully saturated rings. The van der Waals surface area contributed by atoms with Crippen LogP contribution in [0.15, 0.2) is 77.9 Å². The first kappa shape index (κ1) is 26.8. The molecule has 0 aliphatic heterocycles. The number of fused-ring (bicyclic) bond motifs is 2. The molecule has 202 valence electrons. The van der Waals surface area contributed by atoms with Crippen LogP contribution in [0.2, 0.25) is 0 Å². The predicted octanol–water partition coefficient (Wildman–Crippen LogP) is 2.73. The van der Waals surface area contributed by atoms with E-state index in [0.717, 1.165) is 6.26 Å². The SMILES string of the molecule is Cc1nn2cccnc2c1C(=O)N[C@@H](C)c1cc2cccc(C#CCNS(C)(=O)=O)c2c(=O)n1-c1ccccc1. The van der Waals surface area contributed by atoms with E-state index in [0.29, 0.717) is 44.6 Å². The highest BCUT2D eigenvalue weighted by molar-refractivity contribution is 7.88. The molecule has 0 radical (unpaired) electrons. The molecule has 2 aromatic carbocycles. The lowest BCUT2D eigenvalue weighted by Crippen LogP contribution is -2.32. The van der Waals surface area contributed by atoms with Gasteiger partial charge in [-0.15, -0.1) is 0 Å². The average Bonchev–Trinajstić information content (AvgIpc) is 3.26. The molecule has 0 bridgehead atoms. The van der Waals surface area contributed by atoms with Crippen molar-refractivity contribution < 1.29 is 13.2 Å². The zero-order valence-corrected chi connectivity index (χ0v) is 22.9. The highest BCUT2D eigenvalue weighted by Crippen LogP contribution is 2.24. The third-order valence-electron chi connectivity index (χ3n) is 6.32. The van der Waals surface area contributed by atoms with Crippen LogP contribution < -0.4 is 15.6 Å². The topological polar surface area (TPSA) is 127 Å². The number of aryl methyl sites for hydroxylation is 1. The van der Waals surface area contributed by atoms with Gasteiger partial charge < -0.3 is 5.32 Å². The minimum atomic E-state index is -3.39. The number of carbonyl (C=O) groups excluding carboxylic acids is 1. The third kappa shape index (κ3) is 5.36. The molecule has 0 saturated heterocycles. The van der Waals surface area contributed by atoms with Crippen molar-refractivity contribution in [3.8, 4) is 17.5 Å². The molecule has 3 heterocycles. The second-order valence-corrected chi connectivity index (χ2v) is 11.1. The van der Waals surface area contributed by atoms with Crippen LogP contribution in [-0.4, -0.2) is 46.3 Å². The van der Waals surface area contributed by atoms with Crippen LogP contribution in [0.5, 0.6) is 0 Å². The number of rotatable bonds is 6. The molecule has 0 saturated carbocycles. The summed E-state index contributed by atoms with van der Waals surface area (Å²) in [6.07, 6.45) is 4.38.